The summed E-state index contributed by atoms with van der Waals surface area (Å²) < 4.78 is 10.7. The van der Waals surface area contributed by atoms with Gasteiger partial charge in [-0.05, 0) is 31.5 Å². The number of piperidine rings is 1. The van der Waals surface area contributed by atoms with Crippen LogP contribution in [-0.2, 0) is 0 Å². The van der Waals surface area contributed by atoms with Crippen LogP contribution in [0, 0.1) is 10.1 Å². The fraction of sp³-hybridized carbons (Fsp3) is 0.500. The van der Waals surface area contributed by atoms with E-state index in [1.54, 1.807) is 18.2 Å². The highest BCUT2D eigenvalue weighted by Crippen LogP contribution is 2.37. The predicted octanol–water partition coefficient (Wildman–Crippen LogP) is 1.73. The zero-order valence-corrected chi connectivity index (χ0v) is 10.2. The number of methoxy groups -OCH3 is 1. The molecule has 0 aliphatic carbocycles. The highest BCUT2D eigenvalue weighted by molar-refractivity contribution is 5.57. The standard InChI is InChI=1S/C12H16N2O4/c1-17-10-5-2-6-11(12(10)14(15)16)18-9-4-3-7-13-8-9/h2,5-6,9,13H,3-4,7-8H2,1H3. The molecule has 18 heavy (non-hydrogen) atoms. The molecule has 1 unspecified atom stereocenters. The predicted molar refractivity (Wildman–Crippen MR) is 66.2 cm³/mol. The molecule has 0 amide bonds. The van der Waals surface area contributed by atoms with Crippen molar-refractivity contribution in [2.45, 2.75) is 18.9 Å². The quantitative estimate of drug-likeness (QED) is 0.652. The summed E-state index contributed by atoms with van der Waals surface area (Å²) in [5, 5.41) is 14.3. The first-order valence-corrected chi connectivity index (χ1v) is 5.91. The van der Waals surface area contributed by atoms with Gasteiger partial charge in [0.1, 0.15) is 6.10 Å². The molecule has 98 valence electrons. The third-order valence-corrected chi connectivity index (χ3v) is 2.91. The van der Waals surface area contributed by atoms with Crippen LogP contribution < -0.4 is 14.8 Å². The lowest BCUT2D eigenvalue weighted by Crippen LogP contribution is -2.37. The van der Waals surface area contributed by atoms with E-state index < -0.39 is 4.92 Å². The zero-order valence-electron chi connectivity index (χ0n) is 10.2. The molecule has 6 heteroatoms. The van der Waals surface area contributed by atoms with Crippen molar-refractivity contribution in [3.05, 3.63) is 28.3 Å². The summed E-state index contributed by atoms with van der Waals surface area (Å²) in [6, 6.07) is 4.86. The van der Waals surface area contributed by atoms with Crippen molar-refractivity contribution in [1.82, 2.24) is 5.32 Å². The van der Waals surface area contributed by atoms with Gasteiger partial charge in [0, 0.05) is 6.54 Å². The average Bonchev–Trinajstić information content (AvgIpc) is 2.39. The first kappa shape index (κ1) is 12.6. The topological polar surface area (TPSA) is 73.6 Å². The number of para-hydroxylation sites is 1. The van der Waals surface area contributed by atoms with Crippen LogP contribution in [-0.4, -0.2) is 31.2 Å². The molecule has 1 N–H and O–H groups in total. The monoisotopic (exact) mass is 252 g/mol. The number of nitrogens with zero attached hydrogens (tertiary/aromatic N) is 1. The third kappa shape index (κ3) is 2.70. The van der Waals surface area contributed by atoms with E-state index in [1.807, 2.05) is 0 Å². The van der Waals surface area contributed by atoms with Gasteiger partial charge in [-0.25, -0.2) is 0 Å². The van der Waals surface area contributed by atoms with Crippen LogP contribution in [0.2, 0.25) is 0 Å². The number of nitro groups is 1. The zero-order chi connectivity index (χ0) is 13.0. The Kier molecular flexibility index (Phi) is 3.99. The Morgan fingerprint density at radius 3 is 2.83 bits per heavy atom. The van der Waals surface area contributed by atoms with Gasteiger partial charge in [0.2, 0.25) is 11.5 Å². The average molecular weight is 252 g/mol. The van der Waals surface area contributed by atoms with Crippen LogP contribution in [0.5, 0.6) is 11.5 Å². The summed E-state index contributed by atoms with van der Waals surface area (Å²) in [7, 11) is 1.41. The fourth-order valence-electron chi connectivity index (χ4n) is 2.04. The molecule has 1 aliphatic rings. The molecule has 0 aromatic heterocycles. The Morgan fingerprint density at radius 1 is 1.44 bits per heavy atom. The number of rotatable bonds is 4. The van der Waals surface area contributed by atoms with Gasteiger partial charge in [-0.2, -0.15) is 0 Å². The van der Waals surface area contributed by atoms with Crippen molar-refractivity contribution in [1.29, 1.82) is 0 Å². The molecular weight excluding hydrogens is 236 g/mol. The molecule has 1 aliphatic heterocycles. The highest BCUT2D eigenvalue weighted by Gasteiger charge is 2.24. The lowest BCUT2D eigenvalue weighted by molar-refractivity contribution is -0.387. The molecule has 1 atom stereocenters. The third-order valence-electron chi connectivity index (χ3n) is 2.91. The summed E-state index contributed by atoms with van der Waals surface area (Å²) in [5.74, 6) is 0.495. The van der Waals surface area contributed by atoms with Gasteiger partial charge in [-0.3, -0.25) is 10.1 Å². The van der Waals surface area contributed by atoms with E-state index in [-0.39, 0.29) is 23.3 Å². The number of benzene rings is 1. The van der Waals surface area contributed by atoms with Crippen molar-refractivity contribution in [2.24, 2.45) is 0 Å². The molecular formula is C12H16N2O4. The maximum Gasteiger partial charge on any atom is 0.352 e. The van der Waals surface area contributed by atoms with Crippen LogP contribution in [0.15, 0.2) is 18.2 Å². The summed E-state index contributed by atoms with van der Waals surface area (Å²) in [6.07, 6.45) is 1.90. The van der Waals surface area contributed by atoms with E-state index in [4.69, 9.17) is 9.47 Å². The maximum absolute atomic E-state index is 11.1. The van der Waals surface area contributed by atoms with Crippen LogP contribution in [0.25, 0.3) is 0 Å². The Hall–Kier alpha value is -1.82. The summed E-state index contributed by atoms with van der Waals surface area (Å²) >= 11 is 0. The second kappa shape index (κ2) is 5.68. The second-order valence-corrected chi connectivity index (χ2v) is 4.15. The van der Waals surface area contributed by atoms with Crippen LogP contribution in [0.4, 0.5) is 5.69 Å². The molecule has 1 heterocycles. The first-order chi connectivity index (χ1) is 8.72. The van der Waals surface area contributed by atoms with Gasteiger partial charge in [-0.15, -0.1) is 0 Å². The van der Waals surface area contributed by atoms with Crippen molar-refractivity contribution in [3.8, 4) is 11.5 Å². The van der Waals surface area contributed by atoms with Crippen molar-refractivity contribution in [2.75, 3.05) is 20.2 Å². The largest absolute Gasteiger partial charge is 0.490 e. The minimum Gasteiger partial charge on any atom is -0.490 e. The van der Waals surface area contributed by atoms with Crippen molar-refractivity contribution >= 4 is 5.69 Å². The molecule has 1 fully saturated rings. The normalized spacial score (nSPS) is 19.3. The Bertz CT molecular complexity index is 430. The summed E-state index contributed by atoms with van der Waals surface area (Å²) in [5.41, 5.74) is -0.106. The first-order valence-electron chi connectivity index (χ1n) is 5.91. The number of nitrogens with one attached hydrogen (secondary N) is 1. The van der Waals surface area contributed by atoms with E-state index >= 15 is 0 Å². The molecule has 1 aromatic rings. The number of hydrogen-bond acceptors (Lipinski definition) is 5. The molecule has 0 radical (unpaired) electrons. The lowest BCUT2D eigenvalue weighted by atomic mass is 10.1. The second-order valence-electron chi connectivity index (χ2n) is 4.15. The smallest absolute Gasteiger partial charge is 0.352 e. The fourth-order valence-corrected chi connectivity index (χ4v) is 2.04. The van der Waals surface area contributed by atoms with Crippen molar-refractivity contribution < 1.29 is 14.4 Å². The minimum atomic E-state index is -0.468. The SMILES string of the molecule is COc1cccc(OC2CCCNC2)c1[N+](=O)[O-]. The number of nitro benzene ring substituents is 1. The minimum absolute atomic E-state index is 0.0236. The number of ether oxygens (including phenoxy) is 2. The summed E-state index contributed by atoms with van der Waals surface area (Å²) in [6.45, 7) is 1.69. The van der Waals surface area contributed by atoms with E-state index in [0.29, 0.717) is 6.54 Å². The highest BCUT2D eigenvalue weighted by atomic mass is 16.6. The van der Waals surface area contributed by atoms with Gasteiger partial charge in [0.25, 0.3) is 0 Å². The molecule has 1 aromatic carbocycles. The Labute approximate surface area is 105 Å². The van der Waals surface area contributed by atoms with Crippen LogP contribution in [0.3, 0.4) is 0 Å². The van der Waals surface area contributed by atoms with Gasteiger partial charge in [0.05, 0.1) is 12.0 Å². The van der Waals surface area contributed by atoms with Gasteiger partial charge < -0.3 is 14.8 Å². The summed E-state index contributed by atoms with van der Waals surface area (Å²) in [4.78, 5) is 10.6. The lowest BCUT2D eigenvalue weighted by Gasteiger charge is -2.23. The Balaban J connectivity index is 2.23. The molecule has 1 saturated heterocycles. The molecule has 0 saturated carbocycles. The maximum atomic E-state index is 11.1. The Morgan fingerprint density at radius 2 is 2.22 bits per heavy atom. The molecule has 0 bridgehead atoms. The van der Waals surface area contributed by atoms with Gasteiger partial charge >= 0.3 is 5.69 Å². The van der Waals surface area contributed by atoms with Gasteiger partial charge in [-0.1, -0.05) is 6.07 Å². The number of hydrogen-bond donors (Lipinski definition) is 1. The van der Waals surface area contributed by atoms with Crippen LogP contribution >= 0.6 is 0 Å². The van der Waals surface area contributed by atoms with Crippen molar-refractivity contribution in [3.63, 3.8) is 0 Å². The molecule has 0 spiro atoms. The van der Waals surface area contributed by atoms with Crippen LogP contribution in [0.1, 0.15) is 12.8 Å². The molecule has 2 rings (SSSR count). The van der Waals surface area contributed by atoms with Gasteiger partial charge in [0.15, 0.2) is 0 Å². The van der Waals surface area contributed by atoms with E-state index in [1.165, 1.54) is 7.11 Å². The van der Waals surface area contributed by atoms with E-state index in [0.717, 1.165) is 19.4 Å². The molecule has 6 nitrogen and oxygen atoms in total. The van der Waals surface area contributed by atoms with E-state index in [9.17, 15) is 10.1 Å². The van der Waals surface area contributed by atoms with E-state index in [2.05, 4.69) is 5.32 Å².